The summed E-state index contributed by atoms with van der Waals surface area (Å²) in [4.78, 5) is 16.2. The molecule has 0 atom stereocenters. The SMILES string of the molecule is CNCC(=O)NCCCN1CCN(c2ccccc2)CC1. The van der Waals surface area contributed by atoms with E-state index in [4.69, 9.17) is 0 Å². The molecule has 1 heterocycles. The van der Waals surface area contributed by atoms with Crippen LogP contribution in [-0.2, 0) is 4.79 Å². The van der Waals surface area contributed by atoms with Gasteiger partial charge in [0, 0.05) is 38.4 Å². The monoisotopic (exact) mass is 290 g/mol. The predicted octanol–water partition coefficient (Wildman–Crippen LogP) is 0.534. The fraction of sp³-hybridized carbons (Fsp3) is 0.562. The number of anilines is 1. The van der Waals surface area contributed by atoms with Gasteiger partial charge in [0.15, 0.2) is 0 Å². The summed E-state index contributed by atoms with van der Waals surface area (Å²) in [6, 6.07) is 10.6. The van der Waals surface area contributed by atoms with Crippen molar-refractivity contribution in [3.05, 3.63) is 30.3 Å². The minimum absolute atomic E-state index is 0.0754. The van der Waals surface area contributed by atoms with Gasteiger partial charge in [0.05, 0.1) is 6.54 Å². The molecule has 0 unspecified atom stereocenters. The third kappa shape index (κ3) is 5.36. The summed E-state index contributed by atoms with van der Waals surface area (Å²) in [7, 11) is 1.78. The molecule has 0 bridgehead atoms. The molecule has 0 aromatic heterocycles. The molecular formula is C16H26N4O. The van der Waals surface area contributed by atoms with Gasteiger partial charge < -0.3 is 15.5 Å². The van der Waals surface area contributed by atoms with Crippen LogP contribution in [0.25, 0.3) is 0 Å². The highest BCUT2D eigenvalue weighted by Gasteiger charge is 2.16. The molecule has 0 spiro atoms. The highest BCUT2D eigenvalue weighted by Crippen LogP contribution is 2.15. The molecule has 1 fully saturated rings. The summed E-state index contributed by atoms with van der Waals surface area (Å²) in [5, 5.41) is 5.77. The van der Waals surface area contributed by atoms with Crippen LogP contribution in [0.3, 0.4) is 0 Å². The lowest BCUT2D eigenvalue weighted by molar-refractivity contribution is -0.120. The van der Waals surface area contributed by atoms with E-state index >= 15 is 0 Å². The van der Waals surface area contributed by atoms with Gasteiger partial charge in [-0.2, -0.15) is 0 Å². The van der Waals surface area contributed by atoms with E-state index in [1.165, 1.54) is 5.69 Å². The molecule has 1 aliphatic rings. The van der Waals surface area contributed by atoms with Crippen LogP contribution >= 0.6 is 0 Å². The Bertz CT molecular complexity index is 416. The van der Waals surface area contributed by atoms with Gasteiger partial charge in [-0.25, -0.2) is 0 Å². The molecule has 0 radical (unpaired) electrons. The zero-order chi connectivity index (χ0) is 14.9. The first kappa shape index (κ1) is 15.8. The minimum atomic E-state index is 0.0754. The molecule has 5 heteroatoms. The Kier molecular flexibility index (Phi) is 6.50. The second-order valence-corrected chi connectivity index (χ2v) is 5.40. The zero-order valence-corrected chi connectivity index (χ0v) is 12.8. The smallest absolute Gasteiger partial charge is 0.233 e. The quantitative estimate of drug-likeness (QED) is 0.720. The standard InChI is InChI=1S/C16H26N4O/c1-17-14-16(21)18-8-5-9-19-10-12-20(13-11-19)15-6-3-2-4-7-15/h2-4,6-7,17H,5,8-14H2,1H3,(H,18,21). The number of amides is 1. The molecule has 1 aromatic rings. The molecular weight excluding hydrogens is 264 g/mol. The highest BCUT2D eigenvalue weighted by molar-refractivity contribution is 5.77. The molecule has 0 aliphatic carbocycles. The maximum absolute atomic E-state index is 11.3. The van der Waals surface area contributed by atoms with Gasteiger partial charge in [-0.15, -0.1) is 0 Å². The van der Waals surface area contributed by atoms with Crippen LogP contribution in [-0.4, -0.2) is 63.7 Å². The summed E-state index contributed by atoms with van der Waals surface area (Å²) >= 11 is 0. The largest absolute Gasteiger partial charge is 0.369 e. The molecule has 1 aromatic carbocycles. The molecule has 1 aliphatic heterocycles. The van der Waals surface area contributed by atoms with Crippen LogP contribution in [0, 0.1) is 0 Å². The number of nitrogens with one attached hydrogen (secondary N) is 2. The van der Waals surface area contributed by atoms with E-state index in [2.05, 4.69) is 50.8 Å². The van der Waals surface area contributed by atoms with E-state index in [1.807, 2.05) is 0 Å². The number of carbonyl (C=O) groups excluding carboxylic acids is 1. The summed E-state index contributed by atoms with van der Waals surface area (Å²) in [5.74, 6) is 0.0754. The van der Waals surface area contributed by atoms with E-state index in [9.17, 15) is 4.79 Å². The van der Waals surface area contributed by atoms with Gasteiger partial charge >= 0.3 is 0 Å². The maximum Gasteiger partial charge on any atom is 0.233 e. The number of piperazine rings is 1. The van der Waals surface area contributed by atoms with Gasteiger partial charge in [0.25, 0.3) is 0 Å². The van der Waals surface area contributed by atoms with Crippen molar-refractivity contribution >= 4 is 11.6 Å². The first-order valence-electron chi connectivity index (χ1n) is 7.73. The van der Waals surface area contributed by atoms with E-state index < -0.39 is 0 Å². The molecule has 1 amide bonds. The van der Waals surface area contributed by atoms with Gasteiger partial charge in [0.1, 0.15) is 0 Å². The molecule has 21 heavy (non-hydrogen) atoms. The fourth-order valence-corrected chi connectivity index (χ4v) is 2.62. The van der Waals surface area contributed by atoms with Gasteiger partial charge in [-0.05, 0) is 32.1 Å². The van der Waals surface area contributed by atoms with Crippen molar-refractivity contribution in [2.45, 2.75) is 6.42 Å². The number of rotatable bonds is 7. The summed E-state index contributed by atoms with van der Waals surface area (Å²) < 4.78 is 0. The van der Waals surface area contributed by atoms with E-state index in [1.54, 1.807) is 7.05 Å². The minimum Gasteiger partial charge on any atom is -0.369 e. The Morgan fingerprint density at radius 1 is 1.14 bits per heavy atom. The lowest BCUT2D eigenvalue weighted by Gasteiger charge is -2.36. The molecule has 5 nitrogen and oxygen atoms in total. The third-order valence-corrected chi connectivity index (χ3v) is 3.80. The Hall–Kier alpha value is -1.59. The summed E-state index contributed by atoms with van der Waals surface area (Å²) in [6.45, 7) is 6.57. The number of hydrogen-bond acceptors (Lipinski definition) is 4. The van der Waals surface area contributed by atoms with E-state index in [-0.39, 0.29) is 5.91 Å². The van der Waals surface area contributed by atoms with Crippen LogP contribution in [0.1, 0.15) is 6.42 Å². The number of carbonyl (C=O) groups is 1. The molecule has 0 saturated carbocycles. The van der Waals surface area contributed by atoms with Crippen molar-refractivity contribution in [2.24, 2.45) is 0 Å². The number of likely N-dealkylation sites (N-methyl/N-ethyl adjacent to an activating group) is 1. The Morgan fingerprint density at radius 3 is 2.52 bits per heavy atom. The summed E-state index contributed by atoms with van der Waals surface area (Å²) in [6.07, 6.45) is 1.01. The fourth-order valence-electron chi connectivity index (χ4n) is 2.62. The van der Waals surface area contributed by atoms with Crippen molar-refractivity contribution in [3.63, 3.8) is 0 Å². The van der Waals surface area contributed by atoms with Crippen LogP contribution in [0.4, 0.5) is 5.69 Å². The van der Waals surface area contributed by atoms with E-state index in [0.717, 1.165) is 45.7 Å². The Morgan fingerprint density at radius 2 is 1.86 bits per heavy atom. The Balaban J connectivity index is 1.60. The number of hydrogen-bond donors (Lipinski definition) is 2. The van der Waals surface area contributed by atoms with E-state index in [0.29, 0.717) is 6.54 Å². The van der Waals surface area contributed by atoms with Crippen molar-refractivity contribution in [1.29, 1.82) is 0 Å². The second kappa shape index (κ2) is 8.64. The third-order valence-electron chi connectivity index (χ3n) is 3.80. The molecule has 2 N–H and O–H groups in total. The zero-order valence-electron chi connectivity index (χ0n) is 12.8. The predicted molar refractivity (Wildman–Crippen MR) is 86.6 cm³/mol. The highest BCUT2D eigenvalue weighted by atomic mass is 16.1. The Labute approximate surface area is 127 Å². The van der Waals surface area contributed by atoms with Crippen LogP contribution < -0.4 is 15.5 Å². The molecule has 2 rings (SSSR count). The van der Waals surface area contributed by atoms with Crippen LogP contribution in [0.15, 0.2) is 30.3 Å². The normalized spacial score (nSPS) is 16.0. The lowest BCUT2D eigenvalue weighted by atomic mass is 10.2. The topological polar surface area (TPSA) is 47.6 Å². The lowest BCUT2D eigenvalue weighted by Crippen LogP contribution is -2.47. The average Bonchev–Trinajstić information content (AvgIpc) is 2.53. The molecule has 1 saturated heterocycles. The van der Waals surface area contributed by atoms with Crippen molar-refractivity contribution < 1.29 is 4.79 Å². The van der Waals surface area contributed by atoms with Gasteiger partial charge in [0.2, 0.25) is 5.91 Å². The van der Waals surface area contributed by atoms with Gasteiger partial charge in [-0.3, -0.25) is 9.69 Å². The average molecular weight is 290 g/mol. The van der Waals surface area contributed by atoms with Crippen molar-refractivity contribution in [1.82, 2.24) is 15.5 Å². The first-order chi connectivity index (χ1) is 10.3. The van der Waals surface area contributed by atoms with Crippen LogP contribution in [0.5, 0.6) is 0 Å². The number of para-hydroxylation sites is 1. The first-order valence-corrected chi connectivity index (χ1v) is 7.73. The molecule has 116 valence electrons. The van der Waals surface area contributed by atoms with Crippen LogP contribution in [0.2, 0.25) is 0 Å². The maximum atomic E-state index is 11.3. The van der Waals surface area contributed by atoms with Gasteiger partial charge in [-0.1, -0.05) is 18.2 Å². The summed E-state index contributed by atoms with van der Waals surface area (Å²) in [5.41, 5.74) is 1.32. The number of nitrogens with zero attached hydrogens (tertiary/aromatic N) is 2. The van der Waals surface area contributed by atoms with Crippen molar-refractivity contribution in [2.75, 3.05) is 57.8 Å². The second-order valence-electron chi connectivity index (χ2n) is 5.40. The number of benzene rings is 1. The van der Waals surface area contributed by atoms with Crippen molar-refractivity contribution in [3.8, 4) is 0 Å².